The van der Waals surface area contributed by atoms with Crippen LogP contribution in [0.3, 0.4) is 0 Å². The van der Waals surface area contributed by atoms with E-state index in [0.717, 1.165) is 11.3 Å². The minimum absolute atomic E-state index is 0.402. The van der Waals surface area contributed by atoms with Crippen LogP contribution in [0.25, 0.3) is 11.8 Å². The van der Waals surface area contributed by atoms with Gasteiger partial charge in [-0.3, -0.25) is 0 Å². The Balaban J connectivity index is 1.60. The Bertz CT molecular complexity index is 951. The van der Waals surface area contributed by atoms with Crippen LogP contribution >= 0.6 is 0 Å². The van der Waals surface area contributed by atoms with Crippen molar-refractivity contribution in [2.24, 2.45) is 0 Å². The third kappa shape index (κ3) is 3.38. The quantitative estimate of drug-likeness (QED) is 0.496. The Morgan fingerprint density at radius 3 is 2.52 bits per heavy atom. The molecule has 25 heavy (non-hydrogen) atoms. The van der Waals surface area contributed by atoms with Gasteiger partial charge < -0.3 is 13.9 Å². The van der Waals surface area contributed by atoms with Crippen LogP contribution < -0.4 is 4.74 Å². The van der Waals surface area contributed by atoms with E-state index >= 15 is 0 Å². The maximum absolute atomic E-state index is 12.0. The molecule has 1 aliphatic heterocycles. The molecule has 0 unspecified atom stereocenters. The molecule has 0 fully saturated rings. The van der Waals surface area contributed by atoms with Crippen LogP contribution in [0.15, 0.2) is 89.1 Å². The zero-order chi connectivity index (χ0) is 17.1. The summed E-state index contributed by atoms with van der Waals surface area (Å²) in [6.45, 7) is 0. The molecule has 0 bridgehead atoms. The molecule has 0 aliphatic carbocycles. The highest BCUT2D eigenvalue weighted by atomic mass is 16.5. The molecule has 0 spiro atoms. The molecule has 2 heterocycles. The largest absolute Gasteiger partial charge is 0.465 e. The number of carbonyl (C=O) groups excluding carboxylic acids is 1. The molecule has 1 aliphatic rings. The van der Waals surface area contributed by atoms with Crippen LogP contribution in [-0.2, 0) is 9.53 Å². The maximum atomic E-state index is 12.0. The molecule has 0 saturated carbocycles. The van der Waals surface area contributed by atoms with Gasteiger partial charge in [0.2, 0.25) is 0 Å². The first-order chi connectivity index (χ1) is 12.3. The minimum Gasteiger partial charge on any atom is -0.465 e. The van der Waals surface area contributed by atoms with E-state index in [2.05, 4.69) is 0 Å². The predicted molar refractivity (Wildman–Crippen MR) is 93.7 cm³/mol. The van der Waals surface area contributed by atoms with E-state index in [1.165, 1.54) is 0 Å². The highest BCUT2D eigenvalue weighted by Crippen LogP contribution is 2.30. The van der Waals surface area contributed by atoms with Gasteiger partial charge in [-0.1, -0.05) is 30.3 Å². The van der Waals surface area contributed by atoms with Crippen LogP contribution in [0.2, 0.25) is 0 Å². The number of rotatable bonds is 4. The van der Waals surface area contributed by atoms with E-state index in [4.69, 9.17) is 13.9 Å². The second kappa shape index (κ2) is 6.53. The topological polar surface area (TPSA) is 48.7 Å². The molecule has 4 heteroatoms. The maximum Gasteiger partial charge on any atom is 0.343 e. The summed E-state index contributed by atoms with van der Waals surface area (Å²) in [7, 11) is 0. The molecule has 2 aromatic carbocycles. The Morgan fingerprint density at radius 2 is 1.72 bits per heavy atom. The molecular weight excluding hydrogens is 316 g/mol. The van der Waals surface area contributed by atoms with Gasteiger partial charge in [0.25, 0.3) is 0 Å². The van der Waals surface area contributed by atoms with Gasteiger partial charge in [0.1, 0.15) is 23.0 Å². The molecular formula is C21H14O4. The number of carbonyl (C=O) groups is 1. The van der Waals surface area contributed by atoms with Crippen molar-refractivity contribution in [2.45, 2.75) is 0 Å². The van der Waals surface area contributed by atoms with Crippen molar-refractivity contribution in [1.82, 2.24) is 0 Å². The third-order valence-electron chi connectivity index (χ3n) is 3.66. The Hall–Kier alpha value is -3.53. The lowest BCUT2D eigenvalue weighted by atomic mass is 10.1. The highest BCUT2D eigenvalue weighted by Gasteiger charge is 2.22. The van der Waals surface area contributed by atoms with Crippen LogP contribution in [0.4, 0.5) is 0 Å². The Morgan fingerprint density at radius 1 is 0.880 bits per heavy atom. The smallest absolute Gasteiger partial charge is 0.343 e. The van der Waals surface area contributed by atoms with Gasteiger partial charge in [-0.25, -0.2) is 4.79 Å². The predicted octanol–water partition coefficient (Wildman–Crippen LogP) is 5.05. The summed E-state index contributed by atoms with van der Waals surface area (Å²) < 4.78 is 16.4. The van der Waals surface area contributed by atoms with Gasteiger partial charge in [0, 0.05) is 5.56 Å². The Kier molecular flexibility index (Phi) is 3.92. The van der Waals surface area contributed by atoms with E-state index in [0.29, 0.717) is 22.8 Å². The van der Waals surface area contributed by atoms with Gasteiger partial charge in [-0.05, 0) is 48.6 Å². The molecule has 4 nitrogen and oxygen atoms in total. The van der Waals surface area contributed by atoms with E-state index in [9.17, 15) is 4.79 Å². The molecule has 0 N–H and O–H groups in total. The summed E-state index contributed by atoms with van der Waals surface area (Å²) >= 11 is 0. The lowest BCUT2D eigenvalue weighted by molar-refractivity contribution is -0.130. The number of benzene rings is 2. The van der Waals surface area contributed by atoms with Crippen molar-refractivity contribution < 1.29 is 18.7 Å². The number of cyclic esters (lactones) is 1. The lowest BCUT2D eigenvalue weighted by Gasteiger charge is -2.07. The van der Waals surface area contributed by atoms with E-state index < -0.39 is 5.97 Å². The molecule has 122 valence electrons. The summed E-state index contributed by atoms with van der Waals surface area (Å²) in [5.41, 5.74) is 1.21. The summed E-state index contributed by atoms with van der Waals surface area (Å²) in [4.78, 5) is 12.0. The first kappa shape index (κ1) is 15.0. The zero-order valence-electron chi connectivity index (χ0n) is 13.2. The van der Waals surface area contributed by atoms with Gasteiger partial charge in [-0.2, -0.15) is 0 Å². The van der Waals surface area contributed by atoms with E-state index in [1.807, 2.05) is 54.6 Å². The van der Waals surface area contributed by atoms with Crippen LogP contribution in [-0.4, -0.2) is 5.97 Å². The number of hydrogen-bond donors (Lipinski definition) is 0. The van der Waals surface area contributed by atoms with Crippen LogP contribution in [0.1, 0.15) is 11.3 Å². The highest BCUT2D eigenvalue weighted by molar-refractivity contribution is 6.04. The van der Waals surface area contributed by atoms with Crippen molar-refractivity contribution in [1.29, 1.82) is 0 Å². The van der Waals surface area contributed by atoms with Gasteiger partial charge in [0.15, 0.2) is 0 Å². The number of hydrogen-bond acceptors (Lipinski definition) is 4. The normalized spacial score (nSPS) is 15.1. The molecule has 0 radical (unpaired) electrons. The molecule has 0 saturated heterocycles. The molecule has 4 rings (SSSR count). The summed E-state index contributed by atoms with van der Waals surface area (Å²) in [5.74, 6) is 2.10. The molecule has 1 aromatic heterocycles. The van der Waals surface area contributed by atoms with Crippen molar-refractivity contribution in [2.75, 3.05) is 0 Å². The number of furan rings is 1. The van der Waals surface area contributed by atoms with Crippen molar-refractivity contribution in [3.8, 4) is 11.5 Å². The molecule has 0 atom stereocenters. The lowest BCUT2D eigenvalue weighted by Crippen LogP contribution is -1.97. The SMILES string of the molecule is O=C1OC(c2cccc(Oc3ccccc3)c2)=C/C1=C/c1ccco1. The van der Waals surface area contributed by atoms with Gasteiger partial charge in [-0.15, -0.1) is 0 Å². The standard InChI is InChI=1S/C21H14O4/c22-21-16(13-18-10-5-11-23-18)14-20(25-21)15-6-4-9-19(12-15)24-17-7-2-1-3-8-17/h1-14H/b16-13-. The first-order valence-corrected chi connectivity index (χ1v) is 7.80. The average molecular weight is 330 g/mol. The average Bonchev–Trinajstić information content (AvgIpc) is 3.27. The fourth-order valence-corrected chi connectivity index (χ4v) is 2.50. The summed E-state index contributed by atoms with van der Waals surface area (Å²) in [6, 6.07) is 20.5. The van der Waals surface area contributed by atoms with Crippen molar-refractivity contribution in [3.63, 3.8) is 0 Å². The third-order valence-corrected chi connectivity index (χ3v) is 3.66. The number of esters is 1. The van der Waals surface area contributed by atoms with E-state index in [1.54, 1.807) is 30.5 Å². The summed E-state index contributed by atoms with van der Waals surface area (Å²) in [6.07, 6.45) is 4.91. The number of ether oxygens (including phenoxy) is 2. The van der Waals surface area contributed by atoms with E-state index in [-0.39, 0.29) is 0 Å². The fraction of sp³-hybridized carbons (Fsp3) is 0. The number of para-hydroxylation sites is 1. The minimum atomic E-state index is -0.402. The molecule has 3 aromatic rings. The second-order valence-electron chi connectivity index (χ2n) is 5.46. The monoisotopic (exact) mass is 330 g/mol. The first-order valence-electron chi connectivity index (χ1n) is 7.80. The summed E-state index contributed by atoms with van der Waals surface area (Å²) in [5, 5.41) is 0. The van der Waals surface area contributed by atoms with Crippen molar-refractivity contribution >= 4 is 17.8 Å². The van der Waals surface area contributed by atoms with Gasteiger partial charge in [0.05, 0.1) is 11.8 Å². The zero-order valence-corrected chi connectivity index (χ0v) is 13.2. The second-order valence-corrected chi connectivity index (χ2v) is 5.46. The van der Waals surface area contributed by atoms with Gasteiger partial charge >= 0.3 is 5.97 Å². The Labute approximate surface area is 144 Å². The van der Waals surface area contributed by atoms with Crippen molar-refractivity contribution in [3.05, 3.63) is 96.0 Å². The molecule has 0 amide bonds. The fourth-order valence-electron chi connectivity index (χ4n) is 2.50. The van der Waals surface area contributed by atoms with Crippen LogP contribution in [0, 0.1) is 0 Å². The van der Waals surface area contributed by atoms with Crippen LogP contribution in [0.5, 0.6) is 11.5 Å².